The molecular weight excluding hydrogens is 212 g/mol. The van der Waals surface area contributed by atoms with Gasteiger partial charge in [-0.3, -0.25) is 4.79 Å². The van der Waals surface area contributed by atoms with Crippen molar-refractivity contribution in [3.63, 3.8) is 0 Å². The molecule has 2 rings (SSSR count). The van der Waals surface area contributed by atoms with Crippen LogP contribution in [0, 0.1) is 0 Å². The zero-order valence-corrected chi connectivity index (χ0v) is 10.3. The van der Waals surface area contributed by atoms with E-state index >= 15 is 0 Å². The summed E-state index contributed by atoms with van der Waals surface area (Å²) in [5, 5.41) is 2.21. The van der Waals surface area contributed by atoms with Crippen molar-refractivity contribution in [1.82, 2.24) is 0 Å². The number of carbonyl (C=O) groups excluding carboxylic acids is 1. The molecule has 0 saturated heterocycles. The summed E-state index contributed by atoms with van der Waals surface area (Å²) >= 11 is 0. The van der Waals surface area contributed by atoms with E-state index in [2.05, 4.69) is 6.29 Å². The molecule has 0 unspecified atom stereocenters. The van der Waals surface area contributed by atoms with Crippen LogP contribution in [-0.2, 0) is 10.2 Å². The van der Waals surface area contributed by atoms with Crippen LogP contribution in [0.5, 0.6) is 5.75 Å². The van der Waals surface area contributed by atoms with Crippen LogP contribution in [0.4, 0.5) is 0 Å². The quantitative estimate of drug-likeness (QED) is 0.804. The molecule has 0 N–H and O–H groups in total. The van der Waals surface area contributed by atoms with Gasteiger partial charge < -0.3 is 4.74 Å². The summed E-state index contributed by atoms with van der Waals surface area (Å²) in [4.78, 5) is 10.9. The molecule has 0 saturated carbocycles. The molecule has 0 aliphatic carbocycles. The molecular formula is C15H15O2. The van der Waals surface area contributed by atoms with E-state index in [9.17, 15) is 4.79 Å². The fraction of sp³-hybridized carbons (Fsp3) is 0.267. The monoisotopic (exact) mass is 227 g/mol. The van der Waals surface area contributed by atoms with Crippen LogP contribution >= 0.6 is 0 Å². The Balaban J connectivity index is 2.56. The molecule has 0 amide bonds. The van der Waals surface area contributed by atoms with E-state index in [1.54, 1.807) is 7.11 Å². The van der Waals surface area contributed by atoms with Gasteiger partial charge in [0.25, 0.3) is 0 Å². The Morgan fingerprint density at radius 3 is 2.35 bits per heavy atom. The number of benzene rings is 2. The minimum atomic E-state index is -0.561. The standard InChI is InChI=1S/C15H15O2/c1-15(2,10-16)13-6-4-12-9-14(17-3)7-5-11(12)8-13/h4-9H,1-3H3. The Bertz CT molecular complexity index is 556. The van der Waals surface area contributed by atoms with Crippen LogP contribution in [0.2, 0.25) is 0 Å². The minimum absolute atomic E-state index is 0.561. The van der Waals surface area contributed by atoms with E-state index in [1.807, 2.05) is 50.2 Å². The van der Waals surface area contributed by atoms with E-state index in [0.29, 0.717) is 0 Å². The number of methoxy groups -OCH3 is 1. The summed E-state index contributed by atoms with van der Waals surface area (Å²) < 4.78 is 5.18. The summed E-state index contributed by atoms with van der Waals surface area (Å²) in [5.41, 5.74) is 0.416. The van der Waals surface area contributed by atoms with E-state index in [-0.39, 0.29) is 0 Å². The molecule has 0 aliphatic rings. The van der Waals surface area contributed by atoms with Gasteiger partial charge in [0.2, 0.25) is 6.29 Å². The highest BCUT2D eigenvalue weighted by Gasteiger charge is 2.20. The largest absolute Gasteiger partial charge is 0.497 e. The number of ether oxygens (including phenoxy) is 1. The maximum atomic E-state index is 10.9. The van der Waals surface area contributed by atoms with Gasteiger partial charge in [0.15, 0.2) is 0 Å². The first-order valence-electron chi connectivity index (χ1n) is 5.54. The number of fused-ring (bicyclic) bond motifs is 1. The Labute approximate surface area is 101 Å². The van der Waals surface area contributed by atoms with Crippen LogP contribution in [0.3, 0.4) is 0 Å². The van der Waals surface area contributed by atoms with Crippen LogP contribution in [0.15, 0.2) is 36.4 Å². The van der Waals surface area contributed by atoms with Crippen molar-refractivity contribution in [2.75, 3.05) is 7.11 Å². The smallest absolute Gasteiger partial charge is 0.209 e. The van der Waals surface area contributed by atoms with Crippen LogP contribution in [0.1, 0.15) is 19.4 Å². The molecule has 17 heavy (non-hydrogen) atoms. The highest BCUT2D eigenvalue weighted by atomic mass is 16.5. The lowest BCUT2D eigenvalue weighted by atomic mass is 9.85. The molecule has 2 nitrogen and oxygen atoms in total. The van der Waals surface area contributed by atoms with Crippen molar-refractivity contribution in [2.45, 2.75) is 19.3 Å². The van der Waals surface area contributed by atoms with Crippen molar-refractivity contribution >= 4 is 17.1 Å². The number of rotatable bonds is 3. The first-order chi connectivity index (χ1) is 8.06. The third kappa shape index (κ3) is 2.16. The third-order valence-electron chi connectivity index (χ3n) is 3.02. The van der Waals surface area contributed by atoms with E-state index < -0.39 is 5.41 Å². The minimum Gasteiger partial charge on any atom is -0.497 e. The van der Waals surface area contributed by atoms with Gasteiger partial charge in [0, 0.05) is 0 Å². The van der Waals surface area contributed by atoms with Crippen molar-refractivity contribution < 1.29 is 9.53 Å². The second-order valence-electron chi connectivity index (χ2n) is 4.65. The van der Waals surface area contributed by atoms with Crippen molar-refractivity contribution in [2.24, 2.45) is 0 Å². The molecule has 0 aliphatic heterocycles. The summed E-state index contributed by atoms with van der Waals surface area (Å²) in [6.07, 6.45) is 2.07. The second-order valence-corrected chi connectivity index (χ2v) is 4.65. The van der Waals surface area contributed by atoms with Crippen LogP contribution in [-0.4, -0.2) is 13.4 Å². The van der Waals surface area contributed by atoms with Gasteiger partial charge in [0.05, 0.1) is 12.5 Å². The normalized spacial score (nSPS) is 11.5. The van der Waals surface area contributed by atoms with Crippen molar-refractivity contribution in [3.05, 3.63) is 42.0 Å². The lowest BCUT2D eigenvalue weighted by molar-refractivity contribution is 0.415. The van der Waals surface area contributed by atoms with Gasteiger partial charge >= 0.3 is 0 Å². The van der Waals surface area contributed by atoms with Gasteiger partial charge in [0.1, 0.15) is 5.75 Å². The fourth-order valence-corrected chi connectivity index (χ4v) is 1.80. The first kappa shape index (κ1) is 11.6. The van der Waals surface area contributed by atoms with Crippen LogP contribution in [0.25, 0.3) is 10.8 Å². The average Bonchev–Trinajstić information content (AvgIpc) is 2.37. The fourth-order valence-electron chi connectivity index (χ4n) is 1.80. The highest BCUT2D eigenvalue weighted by molar-refractivity contribution is 5.86. The Hall–Kier alpha value is -1.83. The Morgan fingerprint density at radius 2 is 1.71 bits per heavy atom. The predicted molar refractivity (Wildman–Crippen MR) is 69.2 cm³/mol. The Kier molecular flexibility index (Phi) is 2.88. The molecule has 0 atom stereocenters. The summed E-state index contributed by atoms with van der Waals surface area (Å²) in [7, 11) is 1.65. The molecule has 2 heteroatoms. The van der Waals surface area contributed by atoms with Crippen molar-refractivity contribution in [3.8, 4) is 5.75 Å². The number of hydrogen-bond donors (Lipinski definition) is 0. The molecule has 0 bridgehead atoms. The zero-order valence-electron chi connectivity index (χ0n) is 10.3. The summed E-state index contributed by atoms with van der Waals surface area (Å²) in [6, 6.07) is 11.9. The van der Waals surface area contributed by atoms with Gasteiger partial charge in [-0.15, -0.1) is 0 Å². The summed E-state index contributed by atoms with van der Waals surface area (Å²) in [5.74, 6) is 0.839. The maximum Gasteiger partial charge on any atom is 0.209 e. The molecule has 2 aromatic carbocycles. The summed E-state index contributed by atoms with van der Waals surface area (Å²) in [6.45, 7) is 3.73. The van der Waals surface area contributed by atoms with Gasteiger partial charge in [-0.05, 0) is 42.3 Å². The highest BCUT2D eigenvalue weighted by Crippen LogP contribution is 2.27. The first-order valence-corrected chi connectivity index (χ1v) is 5.54. The molecule has 1 radical (unpaired) electrons. The lowest BCUT2D eigenvalue weighted by Crippen LogP contribution is -2.18. The predicted octanol–water partition coefficient (Wildman–Crippen LogP) is 3.24. The van der Waals surface area contributed by atoms with E-state index in [4.69, 9.17) is 4.74 Å². The second kappa shape index (κ2) is 4.21. The third-order valence-corrected chi connectivity index (χ3v) is 3.02. The van der Waals surface area contributed by atoms with E-state index in [0.717, 1.165) is 22.1 Å². The Morgan fingerprint density at radius 1 is 1.06 bits per heavy atom. The average molecular weight is 227 g/mol. The molecule has 87 valence electrons. The molecule has 0 heterocycles. The molecule has 0 spiro atoms. The van der Waals surface area contributed by atoms with Crippen LogP contribution < -0.4 is 4.74 Å². The molecule has 0 fully saturated rings. The SMILES string of the molecule is COc1ccc2cc(C(C)(C)[C]=O)ccc2c1. The zero-order chi connectivity index (χ0) is 12.5. The van der Waals surface area contributed by atoms with Crippen molar-refractivity contribution in [1.29, 1.82) is 0 Å². The topological polar surface area (TPSA) is 26.3 Å². The molecule has 2 aromatic rings. The van der Waals surface area contributed by atoms with Gasteiger partial charge in [-0.1, -0.05) is 24.3 Å². The maximum absolute atomic E-state index is 10.9. The number of hydrogen-bond acceptors (Lipinski definition) is 2. The van der Waals surface area contributed by atoms with Gasteiger partial charge in [-0.25, -0.2) is 0 Å². The van der Waals surface area contributed by atoms with E-state index in [1.165, 1.54) is 0 Å². The molecule has 0 aromatic heterocycles. The van der Waals surface area contributed by atoms with Gasteiger partial charge in [-0.2, -0.15) is 0 Å². The lowest BCUT2D eigenvalue weighted by Gasteiger charge is -2.17.